The van der Waals surface area contributed by atoms with Crippen LogP contribution >= 0.6 is 0 Å². The van der Waals surface area contributed by atoms with Crippen molar-refractivity contribution in [1.29, 1.82) is 0 Å². The fourth-order valence-corrected chi connectivity index (χ4v) is 2.44. The third kappa shape index (κ3) is 5.25. The molecule has 1 aromatic rings. The molecule has 1 heterocycles. The van der Waals surface area contributed by atoms with Crippen molar-refractivity contribution < 1.29 is 34.3 Å². The second kappa shape index (κ2) is 9.50. The average Bonchev–Trinajstić information content (AvgIpc) is 2.64. The number of alkyl carbamates (subject to hydrolysis) is 1. The van der Waals surface area contributed by atoms with Gasteiger partial charge in [0.1, 0.15) is 31.0 Å². The molecule has 8 heteroatoms. The van der Waals surface area contributed by atoms with E-state index in [1.807, 2.05) is 30.3 Å². The van der Waals surface area contributed by atoms with Crippen LogP contribution in [-0.4, -0.2) is 65.3 Å². The largest absolute Gasteiger partial charge is 0.445 e. The standard InChI is InChI=1S/C17H23NO7/c1-2-8-23-17(22)18-13-15(21)14(20)12(9-19)25-16(13)24-10-11-6-4-3-5-7-11/h2-7,12-16,19-21H,1,8-10H2,(H,18,22)/t12-,13-,14-,15-,16+/m1/s1. The van der Waals surface area contributed by atoms with Gasteiger partial charge in [0.15, 0.2) is 6.29 Å². The molecule has 2 rings (SSSR count). The third-order valence-corrected chi connectivity index (χ3v) is 3.75. The smallest absolute Gasteiger partial charge is 0.407 e. The predicted molar refractivity (Wildman–Crippen MR) is 87.5 cm³/mol. The first-order valence-electron chi connectivity index (χ1n) is 7.89. The van der Waals surface area contributed by atoms with E-state index in [0.717, 1.165) is 5.56 Å². The van der Waals surface area contributed by atoms with Gasteiger partial charge in [0, 0.05) is 0 Å². The number of aliphatic hydroxyl groups is 3. The van der Waals surface area contributed by atoms with Crippen molar-refractivity contribution >= 4 is 6.09 Å². The molecule has 0 spiro atoms. The number of carbonyl (C=O) groups is 1. The van der Waals surface area contributed by atoms with Gasteiger partial charge >= 0.3 is 6.09 Å². The van der Waals surface area contributed by atoms with Crippen molar-refractivity contribution in [2.45, 2.75) is 37.3 Å². The van der Waals surface area contributed by atoms with Crippen LogP contribution in [0.1, 0.15) is 5.56 Å². The Balaban J connectivity index is 2.06. The maximum atomic E-state index is 11.8. The third-order valence-electron chi connectivity index (χ3n) is 3.75. The van der Waals surface area contributed by atoms with Crippen molar-refractivity contribution in [1.82, 2.24) is 5.32 Å². The van der Waals surface area contributed by atoms with E-state index < -0.39 is 43.3 Å². The Morgan fingerprint density at radius 2 is 2.00 bits per heavy atom. The van der Waals surface area contributed by atoms with Gasteiger partial charge in [-0.3, -0.25) is 0 Å². The molecule has 1 fully saturated rings. The molecule has 0 aromatic heterocycles. The summed E-state index contributed by atoms with van der Waals surface area (Å²) < 4.78 is 15.9. The van der Waals surface area contributed by atoms with Crippen molar-refractivity contribution in [3.8, 4) is 0 Å². The molecule has 1 aromatic carbocycles. The van der Waals surface area contributed by atoms with Crippen LogP contribution in [0, 0.1) is 0 Å². The molecule has 0 unspecified atom stereocenters. The SMILES string of the molecule is C=CCOC(=O)N[C@H]1[C@@H](OCc2ccccc2)O[C@H](CO)[C@@H](O)[C@@H]1O. The van der Waals surface area contributed by atoms with E-state index in [-0.39, 0.29) is 13.2 Å². The minimum absolute atomic E-state index is 0.00708. The molecule has 1 amide bonds. The van der Waals surface area contributed by atoms with E-state index in [2.05, 4.69) is 11.9 Å². The molecule has 4 N–H and O–H groups in total. The van der Waals surface area contributed by atoms with Crippen LogP contribution < -0.4 is 5.32 Å². The molecule has 0 radical (unpaired) electrons. The van der Waals surface area contributed by atoms with Gasteiger partial charge < -0.3 is 34.8 Å². The Kier molecular flexibility index (Phi) is 7.35. The Morgan fingerprint density at radius 3 is 2.64 bits per heavy atom. The summed E-state index contributed by atoms with van der Waals surface area (Å²) in [5, 5.41) is 32.0. The van der Waals surface area contributed by atoms with Crippen molar-refractivity contribution in [3.63, 3.8) is 0 Å². The summed E-state index contributed by atoms with van der Waals surface area (Å²) in [7, 11) is 0. The van der Waals surface area contributed by atoms with Crippen LogP contribution in [0.3, 0.4) is 0 Å². The summed E-state index contributed by atoms with van der Waals surface area (Å²) >= 11 is 0. The fourth-order valence-electron chi connectivity index (χ4n) is 2.44. The van der Waals surface area contributed by atoms with E-state index >= 15 is 0 Å². The monoisotopic (exact) mass is 353 g/mol. The summed E-state index contributed by atoms with van der Waals surface area (Å²) in [6, 6.07) is 8.17. The molecule has 1 aliphatic heterocycles. The predicted octanol–water partition coefficient (Wildman–Crippen LogP) is -0.0770. The molecule has 0 bridgehead atoms. The Morgan fingerprint density at radius 1 is 1.28 bits per heavy atom. The van der Waals surface area contributed by atoms with Gasteiger partial charge in [-0.05, 0) is 5.56 Å². The lowest BCUT2D eigenvalue weighted by molar-refractivity contribution is -0.272. The average molecular weight is 353 g/mol. The highest BCUT2D eigenvalue weighted by atomic mass is 16.7. The van der Waals surface area contributed by atoms with Crippen LogP contribution in [-0.2, 0) is 20.8 Å². The van der Waals surface area contributed by atoms with Crippen molar-refractivity contribution in [3.05, 3.63) is 48.6 Å². The van der Waals surface area contributed by atoms with Gasteiger partial charge in [-0.25, -0.2) is 4.79 Å². The van der Waals surface area contributed by atoms with Crippen molar-refractivity contribution in [2.75, 3.05) is 13.2 Å². The number of carbonyl (C=O) groups excluding carboxylic acids is 1. The Labute approximate surface area is 145 Å². The molecule has 1 aliphatic rings. The van der Waals surface area contributed by atoms with Gasteiger partial charge in [0.05, 0.1) is 13.2 Å². The first-order chi connectivity index (χ1) is 12.1. The molecule has 25 heavy (non-hydrogen) atoms. The van der Waals surface area contributed by atoms with E-state index in [1.54, 1.807) is 0 Å². The van der Waals surface area contributed by atoms with Gasteiger partial charge in [-0.2, -0.15) is 0 Å². The quantitative estimate of drug-likeness (QED) is 0.507. The summed E-state index contributed by atoms with van der Waals surface area (Å²) in [5.41, 5.74) is 0.861. The lowest BCUT2D eigenvalue weighted by Crippen LogP contribution is -2.64. The molecule has 1 saturated heterocycles. The van der Waals surface area contributed by atoms with E-state index in [9.17, 15) is 20.1 Å². The maximum absolute atomic E-state index is 11.8. The van der Waals surface area contributed by atoms with Gasteiger partial charge in [0.25, 0.3) is 0 Å². The van der Waals surface area contributed by atoms with Gasteiger partial charge in [0.2, 0.25) is 0 Å². The van der Waals surface area contributed by atoms with Crippen LogP contribution in [0.2, 0.25) is 0 Å². The number of rotatable bonds is 7. The Bertz CT molecular complexity index is 553. The highest BCUT2D eigenvalue weighted by Crippen LogP contribution is 2.23. The first-order valence-corrected chi connectivity index (χ1v) is 7.89. The number of benzene rings is 1. The van der Waals surface area contributed by atoms with Crippen LogP contribution in [0.15, 0.2) is 43.0 Å². The van der Waals surface area contributed by atoms with Gasteiger partial charge in [-0.15, -0.1) is 0 Å². The Hall–Kier alpha value is -1.97. The number of hydrogen-bond donors (Lipinski definition) is 4. The lowest BCUT2D eigenvalue weighted by Gasteiger charge is -2.42. The maximum Gasteiger partial charge on any atom is 0.407 e. The zero-order valence-corrected chi connectivity index (χ0v) is 13.7. The summed E-state index contributed by atoms with van der Waals surface area (Å²) in [6.07, 6.45) is -4.30. The topological polar surface area (TPSA) is 117 Å². The zero-order chi connectivity index (χ0) is 18.2. The summed E-state index contributed by atoms with van der Waals surface area (Å²) in [4.78, 5) is 11.8. The molecular weight excluding hydrogens is 330 g/mol. The van der Waals surface area contributed by atoms with Gasteiger partial charge in [-0.1, -0.05) is 43.0 Å². The lowest BCUT2D eigenvalue weighted by atomic mass is 9.97. The molecule has 8 nitrogen and oxygen atoms in total. The summed E-state index contributed by atoms with van der Waals surface area (Å²) in [5.74, 6) is 0. The molecule has 138 valence electrons. The molecule has 0 saturated carbocycles. The first kappa shape index (κ1) is 19.4. The number of hydrogen-bond acceptors (Lipinski definition) is 7. The fraction of sp³-hybridized carbons (Fsp3) is 0.471. The number of amides is 1. The van der Waals surface area contributed by atoms with E-state index in [0.29, 0.717) is 0 Å². The minimum atomic E-state index is -1.40. The second-order valence-electron chi connectivity index (χ2n) is 5.56. The molecule has 5 atom stereocenters. The van der Waals surface area contributed by atoms with Crippen molar-refractivity contribution in [2.24, 2.45) is 0 Å². The summed E-state index contributed by atoms with van der Waals surface area (Å²) in [6.45, 7) is 3.08. The zero-order valence-electron chi connectivity index (χ0n) is 13.7. The van der Waals surface area contributed by atoms with E-state index in [4.69, 9.17) is 14.2 Å². The number of ether oxygens (including phenoxy) is 3. The normalized spacial score (nSPS) is 29.0. The number of nitrogens with one attached hydrogen (secondary N) is 1. The van der Waals surface area contributed by atoms with Crippen LogP contribution in [0.4, 0.5) is 4.79 Å². The number of aliphatic hydroxyl groups excluding tert-OH is 3. The van der Waals surface area contributed by atoms with E-state index in [1.165, 1.54) is 6.08 Å². The molecule has 0 aliphatic carbocycles. The highest BCUT2D eigenvalue weighted by Gasteiger charge is 2.45. The van der Waals surface area contributed by atoms with Crippen LogP contribution in [0.25, 0.3) is 0 Å². The highest BCUT2D eigenvalue weighted by molar-refractivity contribution is 5.67. The minimum Gasteiger partial charge on any atom is -0.445 e. The van der Waals surface area contributed by atoms with Crippen LogP contribution in [0.5, 0.6) is 0 Å². The second-order valence-corrected chi connectivity index (χ2v) is 5.56. The molecular formula is C17H23NO7.